The molecule has 1 N–H and O–H groups in total. The van der Waals surface area contributed by atoms with Gasteiger partial charge in [-0.05, 0) is 43.3 Å². The summed E-state index contributed by atoms with van der Waals surface area (Å²) in [5.41, 5.74) is 3.24. The van der Waals surface area contributed by atoms with Crippen LogP contribution in [0.25, 0.3) is 22.6 Å². The summed E-state index contributed by atoms with van der Waals surface area (Å²) in [6.45, 7) is 1.97. The molecule has 0 radical (unpaired) electrons. The van der Waals surface area contributed by atoms with Crippen molar-refractivity contribution in [2.75, 3.05) is 11.6 Å². The first-order valence-electron chi connectivity index (χ1n) is 9.14. The van der Waals surface area contributed by atoms with E-state index in [4.69, 9.17) is 9.68 Å². The van der Waals surface area contributed by atoms with Crippen LogP contribution < -0.4 is 5.32 Å². The third-order valence-corrected chi connectivity index (χ3v) is 5.51. The molecule has 4 aromatic rings. The van der Waals surface area contributed by atoms with Crippen LogP contribution in [0.4, 0.5) is 5.69 Å². The average Bonchev–Trinajstić information content (AvgIpc) is 3.16. The topological polar surface area (TPSA) is 126 Å². The zero-order valence-corrected chi connectivity index (χ0v) is 17.4. The van der Waals surface area contributed by atoms with E-state index >= 15 is 0 Å². The molecule has 1 amide bonds. The van der Waals surface area contributed by atoms with Gasteiger partial charge in [0.25, 0.3) is 5.91 Å². The highest BCUT2D eigenvalue weighted by atomic mass is 32.2. The summed E-state index contributed by atoms with van der Waals surface area (Å²) in [7, 11) is -3.77. The van der Waals surface area contributed by atoms with Crippen molar-refractivity contribution in [2.45, 2.75) is 11.9 Å². The fourth-order valence-electron chi connectivity index (χ4n) is 3.08. The minimum atomic E-state index is -3.77. The monoisotopic (exact) mass is 432 g/mol. The van der Waals surface area contributed by atoms with Crippen molar-refractivity contribution in [3.8, 4) is 17.5 Å². The van der Waals surface area contributed by atoms with E-state index in [1.807, 2.05) is 37.3 Å². The molecule has 4 rings (SSSR count). The van der Waals surface area contributed by atoms with E-state index in [1.54, 1.807) is 18.2 Å². The second kappa shape index (κ2) is 7.66. The number of carbonyl (C=O) groups is 1. The maximum absolute atomic E-state index is 12.8. The molecule has 0 aliphatic rings. The smallest absolute Gasteiger partial charge is 0.258 e. The van der Waals surface area contributed by atoms with Crippen LogP contribution in [0.15, 0.2) is 64.2 Å². The zero-order chi connectivity index (χ0) is 22.2. The van der Waals surface area contributed by atoms with E-state index in [0.29, 0.717) is 22.7 Å². The molecule has 0 unspecified atom stereocenters. The zero-order valence-electron chi connectivity index (χ0n) is 16.6. The SMILES string of the molecule is Cc1cccc(-c2nc3cc(NC(=O)c4cc(C#N)cnc4S(C)(=O)=O)ccc3o2)c1. The van der Waals surface area contributed by atoms with Crippen molar-refractivity contribution in [3.63, 3.8) is 0 Å². The Bertz CT molecular complexity index is 1480. The number of nitrogens with one attached hydrogen (secondary N) is 1. The summed E-state index contributed by atoms with van der Waals surface area (Å²) in [6.07, 6.45) is 2.06. The molecule has 0 bridgehead atoms. The molecule has 2 aromatic carbocycles. The minimum absolute atomic E-state index is 0.0762. The Morgan fingerprint density at radius 1 is 1.16 bits per heavy atom. The van der Waals surface area contributed by atoms with E-state index in [9.17, 15) is 13.2 Å². The van der Waals surface area contributed by atoms with Crippen molar-refractivity contribution in [1.82, 2.24) is 9.97 Å². The number of amides is 1. The molecule has 0 aliphatic heterocycles. The number of nitriles is 1. The minimum Gasteiger partial charge on any atom is -0.436 e. The molecule has 9 heteroatoms. The van der Waals surface area contributed by atoms with Gasteiger partial charge in [-0.2, -0.15) is 5.26 Å². The number of carbonyl (C=O) groups excluding carboxylic acids is 1. The normalized spacial score (nSPS) is 11.3. The van der Waals surface area contributed by atoms with Gasteiger partial charge in [0.05, 0.1) is 11.1 Å². The van der Waals surface area contributed by atoms with Crippen molar-refractivity contribution in [3.05, 3.63) is 71.4 Å². The standard InChI is InChI=1S/C22H16N4O4S/c1-13-4-3-5-15(8-13)21-26-18-10-16(6-7-19(18)30-21)25-20(27)17-9-14(11-23)12-24-22(17)31(2,28)29/h3-10,12H,1-2H3,(H,25,27). The molecular weight excluding hydrogens is 416 g/mol. The predicted molar refractivity (Wildman–Crippen MR) is 114 cm³/mol. The molecule has 0 saturated carbocycles. The van der Waals surface area contributed by atoms with Crippen molar-refractivity contribution in [1.29, 1.82) is 5.26 Å². The third-order valence-electron chi connectivity index (χ3n) is 4.49. The Morgan fingerprint density at radius 2 is 1.97 bits per heavy atom. The van der Waals surface area contributed by atoms with Crippen molar-refractivity contribution >= 4 is 32.5 Å². The van der Waals surface area contributed by atoms with Gasteiger partial charge in [0.15, 0.2) is 20.4 Å². The fourth-order valence-corrected chi connectivity index (χ4v) is 3.87. The lowest BCUT2D eigenvalue weighted by Crippen LogP contribution is -2.17. The largest absolute Gasteiger partial charge is 0.436 e. The highest BCUT2D eigenvalue weighted by Gasteiger charge is 2.22. The quantitative estimate of drug-likeness (QED) is 0.521. The Balaban J connectivity index is 1.68. The first kappa shape index (κ1) is 20.3. The fraction of sp³-hybridized carbons (Fsp3) is 0.0909. The van der Waals surface area contributed by atoms with Crippen LogP contribution in [0.5, 0.6) is 0 Å². The van der Waals surface area contributed by atoms with E-state index in [-0.39, 0.29) is 11.1 Å². The molecular formula is C22H16N4O4S. The van der Waals surface area contributed by atoms with E-state index in [1.165, 1.54) is 6.07 Å². The van der Waals surface area contributed by atoms with Crippen LogP contribution in [-0.4, -0.2) is 30.5 Å². The Labute approximate surface area is 178 Å². The van der Waals surface area contributed by atoms with Crippen molar-refractivity contribution < 1.29 is 17.6 Å². The highest BCUT2D eigenvalue weighted by molar-refractivity contribution is 7.90. The molecule has 0 saturated heterocycles. The number of anilines is 1. The van der Waals surface area contributed by atoms with Gasteiger partial charge in [0, 0.05) is 23.7 Å². The summed E-state index contributed by atoms with van der Waals surface area (Å²) < 4.78 is 29.8. The number of sulfone groups is 1. The number of hydrogen-bond donors (Lipinski definition) is 1. The molecule has 2 heterocycles. The lowest BCUT2D eigenvalue weighted by atomic mass is 10.1. The van der Waals surface area contributed by atoms with Crippen LogP contribution in [0.3, 0.4) is 0 Å². The third kappa shape index (κ3) is 4.15. The van der Waals surface area contributed by atoms with Gasteiger partial charge in [0.2, 0.25) is 5.89 Å². The van der Waals surface area contributed by atoms with Gasteiger partial charge in [-0.25, -0.2) is 18.4 Å². The predicted octanol–water partition coefficient (Wildman–Crippen LogP) is 3.73. The number of oxazole rings is 1. The molecule has 8 nitrogen and oxygen atoms in total. The molecule has 0 atom stereocenters. The van der Waals surface area contributed by atoms with Gasteiger partial charge in [-0.15, -0.1) is 0 Å². The van der Waals surface area contributed by atoms with Gasteiger partial charge >= 0.3 is 0 Å². The number of benzene rings is 2. The van der Waals surface area contributed by atoms with E-state index in [0.717, 1.165) is 23.6 Å². The van der Waals surface area contributed by atoms with Crippen LogP contribution in [-0.2, 0) is 9.84 Å². The first-order chi connectivity index (χ1) is 14.7. The number of aryl methyl sites for hydroxylation is 1. The Morgan fingerprint density at radius 3 is 2.68 bits per heavy atom. The number of nitrogens with zero attached hydrogens (tertiary/aromatic N) is 3. The lowest BCUT2D eigenvalue weighted by Gasteiger charge is -2.08. The summed E-state index contributed by atoms with van der Waals surface area (Å²) in [6, 6.07) is 15.7. The first-order valence-corrected chi connectivity index (χ1v) is 11.0. The molecule has 154 valence electrons. The molecule has 2 aromatic heterocycles. The Kier molecular flexibility index (Phi) is 5.01. The number of rotatable bonds is 4. The van der Waals surface area contributed by atoms with Gasteiger partial charge in [-0.1, -0.05) is 17.7 Å². The van der Waals surface area contributed by atoms with Gasteiger partial charge in [0.1, 0.15) is 11.6 Å². The van der Waals surface area contributed by atoms with Crippen LogP contribution in [0.2, 0.25) is 0 Å². The number of pyridine rings is 1. The van der Waals surface area contributed by atoms with Crippen LogP contribution in [0, 0.1) is 18.3 Å². The summed E-state index contributed by atoms with van der Waals surface area (Å²) in [5.74, 6) is -0.251. The highest BCUT2D eigenvalue weighted by Crippen LogP contribution is 2.27. The summed E-state index contributed by atoms with van der Waals surface area (Å²) in [4.78, 5) is 21.0. The molecule has 0 fully saturated rings. The number of aromatic nitrogens is 2. The second-order valence-electron chi connectivity index (χ2n) is 6.99. The molecule has 0 aliphatic carbocycles. The van der Waals surface area contributed by atoms with E-state index < -0.39 is 20.8 Å². The number of hydrogen-bond acceptors (Lipinski definition) is 7. The average molecular weight is 432 g/mol. The number of fused-ring (bicyclic) bond motifs is 1. The van der Waals surface area contributed by atoms with E-state index in [2.05, 4.69) is 15.3 Å². The van der Waals surface area contributed by atoms with Gasteiger partial charge < -0.3 is 9.73 Å². The lowest BCUT2D eigenvalue weighted by molar-refractivity contribution is 0.102. The summed E-state index contributed by atoms with van der Waals surface area (Å²) >= 11 is 0. The van der Waals surface area contributed by atoms with Crippen LogP contribution in [0.1, 0.15) is 21.5 Å². The maximum atomic E-state index is 12.8. The van der Waals surface area contributed by atoms with Crippen molar-refractivity contribution in [2.24, 2.45) is 0 Å². The second-order valence-corrected chi connectivity index (χ2v) is 8.92. The van der Waals surface area contributed by atoms with Gasteiger partial charge in [-0.3, -0.25) is 4.79 Å². The Hall–Kier alpha value is -4.03. The maximum Gasteiger partial charge on any atom is 0.258 e. The summed E-state index contributed by atoms with van der Waals surface area (Å²) in [5, 5.41) is 11.3. The molecule has 31 heavy (non-hydrogen) atoms. The molecule has 0 spiro atoms. The van der Waals surface area contributed by atoms with Crippen LogP contribution >= 0.6 is 0 Å².